The Morgan fingerprint density at radius 2 is 2.09 bits per heavy atom. The number of nitriles is 1. The van der Waals surface area contributed by atoms with E-state index in [2.05, 4.69) is 21.2 Å². The lowest BCUT2D eigenvalue weighted by atomic mass is 10.1. The number of hydrogen-bond acceptors (Lipinski definition) is 3. The number of aryl methyl sites for hydroxylation is 2. The first-order valence-electron chi connectivity index (χ1n) is 6.69. The van der Waals surface area contributed by atoms with Crippen molar-refractivity contribution in [1.82, 2.24) is 4.57 Å². The van der Waals surface area contributed by atoms with Crippen molar-refractivity contribution in [2.75, 3.05) is 5.32 Å². The van der Waals surface area contributed by atoms with E-state index >= 15 is 0 Å². The second-order valence-electron chi connectivity index (χ2n) is 5.02. The van der Waals surface area contributed by atoms with E-state index in [0.717, 1.165) is 4.47 Å². The Labute approximate surface area is 146 Å². The Morgan fingerprint density at radius 1 is 1.39 bits per heavy atom. The molecule has 1 aromatic heterocycles. The van der Waals surface area contributed by atoms with Crippen LogP contribution in [0.5, 0.6) is 0 Å². The number of rotatable bonds is 3. The SMILES string of the molecule is Cc1cc(C)n(CC(=O)Nc2ccc(Br)cc2Cl)c(=O)c1C#N. The molecule has 1 N–H and O–H groups in total. The Kier molecular flexibility index (Phi) is 5.24. The number of pyridine rings is 1. The molecule has 0 aliphatic rings. The van der Waals surface area contributed by atoms with Gasteiger partial charge < -0.3 is 9.88 Å². The second-order valence-corrected chi connectivity index (χ2v) is 6.34. The molecular formula is C16H13BrClN3O2. The molecule has 0 bridgehead atoms. The minimum Gasteiger partial charge on any atom is -0.323 e. The van der Waals surface area contributed by atoms with Gasteiger partial charge in [-0.2, -0.15) is 5.26 Å². The monoisotopic (exact) mass is 393 g/mol. The third-order valence-corrected chi connectivity index (χ3v) is 4.13. The summed E-state index contributed by atoms with van der Waals surface area (Å²) in [6.07, 6.45) is 0. The average molecular weight is 395 g/mol. The van der Waals surface area contributed by atoms with Crippen molar-refractivity contribution in [2.45, 2.75) is 20.4 Å². The highest BCUT2D eigenvalue weighted by atomic mass is 79.9. The van der Waals surface area contributed by atoms with E-state index in [1.54, 1.807) is 38.1 Å². The van der Waals surface area contributed by atoms with Gasteiger partial charge in [0.2, 0.25) is 5.91 Å². The van der Waals surface area contributed by atoms with Gasteiger partial charge in [0.1, 0.15) is 18.2 Å². The Bertz CT molecular complexity index is 884. The van der Waals surface area contributed by atoms with Gasteiger partial charge in [-0.25, -0.2) is 0 Å². The molecule has 23 heavy (non-hydrogen) atoms. The third-order valence-electron chi connectivity index (χ3n) is 3.32. The number of amides is 1. The number of benzene rings is 1. The number of hydrogen-bond donors (Lipinski definition) is 1. The zero-order valence-corrected chi connectivity index (χ0v) is 14.8. The largest absolute Gasteiger partial charge is 0.323 e. The summed E-state index contributed by atoms with van der Waals surface area (Å²) in [7, 11) is 0. The molecule has 2 rings (SSSR count). The molecule has 5 nitrogen and oxygen atoms in total. The predicted octanol–water partition coefficient (Wildman–Crippen LogP) is 3.39. The lowest BCUT2D eigenvalue weighted by Gasteiger charge is -2.13. The van der Waals surface area contributed by atoms with E-state index in [4.69, 9.17) is 16.9 Å². The van der Waals surface area contributed by atoms with Crippen LogP contribution >= 0.6 is 27.5 Å². The minimum absolute atomic E-state index is 0.0464. The summed E-state index contributed by atoms with van der Waals surface area (Å²) in [4.78, 5) is 24.5. The van der Waals surface area contributed by atoms with Crippen LogP contribution < -0.4 is 10.9 Å². The quantitative estimate of drug-likeness (QED) is 0.867. The number of anilines is 1. The van der Waals surface area contributed by atoms with Gasteiger partial charge in [0.25, 0.3) is 5.56 Å². The van der Waals surface area contributed by atoms with Crippen molar-refractivity contribution in [2.24, 2.45) is 0 Å². The maximum absolute atomic E-state index is 12.3. The smallest absolute Gasteiger partial charge is 0.269 e. The number of nitrogens with one attached hydrogen (secondary N) is 1. The molecule has 0 fully saturated rings. The van der Waals surface area contributed by atoms with Crippen molar-refractivity contribution in [1.29, 1.82) is 5.26 Å². The lowest BCUT2D eigenvalue weighted by molar-refractivity contribution is -0.116. The summed E-state index contributed by atoms with van der Waals surface area (Å²) in [6.45, 7) is 3.22. The molecule has 2 aromatic rings. The van der Waals surface area contributed by atoms with Gasteiger partial charge in [0.05, 0.1) is 10.7 Å². The van der Waals surface area contributed by atoms with E-state index in [1.165, 1.54) is 4.57 Å². The van der Waals surface area contributed by atoms with Crippen LogP contribution in [0.15, 0.2) is 33.5 Å². The standard InChI is InChI=1S/C16H13BrClN3O2/c1-9-5-10(2)21(16(23)12(9)7-19)8-15(22)20-14-4-3-11(17)6-13(14)18/h3-6H,8H2,1-2H3,(H,20,22). The van der Waals surface area contributed by atoms with E-state index in [1.807, 2.05) is 6.07 Å². The van der Waals surface area contributed by atoms with Gasteiger partial charge in [-0.3, -0.25) is 9.59 Å². The first kappa shape index (κ1) is 17.3. The summed E-state index contributed by atoms with van der Waals surface area (Å²) in [5.74, 6) is -0.396. The topological polar surface area (TPSA) is 74.9 Å². The summed E-state index contributed by atoms with van der Waals surface area (Å²) < 4.78 is 2.07. The molecule has 0 aliphatic heterocycles. The summed E-state index contributed by atoms with van der Waals surface area (Å²) in [6, 6.07) is 8.66. The fraction of sp³-hybridized carbons (Fsp3) is 0.188. The first-order valence-corrected chi connectivity index (χ1v) is 7.86. The fourth-order valence-corrected chi connectivity index (χ4v) is 2.90. The maximum atomic E-state index is 12.3. The molecule has 0 saturated heterocycles. The van der Waals surface area contributed by atoms with Crippen molar-refractivity contribution in [3.63, 3.8) is 0 Å². The van der Waals surface area contributed by atoms with Gasteiger partial charge in [0.15, 0.2) is 0 Å². The summed E-state index contributed by atoms with van der Waals surface area (Å²) in [5.41, 5.74) is 1.25. The van der Waals surface area contributed by atoms with Crippen molar-refractivity contribution in [3.05, 3.63) is 60.9 Å². The summed E-state index contributed by atoms with van der Waals surface area (Å²) >= 11 is 9.34. The molecular weight excluding hydrogens is 382 g/mol. The highest BCUT2D eigenvalue weighted by Gasteiger charge is 2.13. The minimum atomic E-state index is -0.470. The Hall–Kier alpha value is -2.10. The second kappa shape index (κ2) is 6.99. The zero-order chi connectivity index (χ0) is 17.1. The van der Waals surface area contributed by atoms with Gasteiger partial charge in [-0.1, -0.05) is 27.5 Å². The number of aromatic nitrogens is 1. The van der Waals surface area contributed by atoms with Crippen LogP contribution in [0.4, 0.5) is 5.69 Å². The third kappa shape index (κ3) is 3.81. The molecule has 0 unspecified atom stereocenters. The van der Waals surface area contributed by atoms with Gasteiger partial charge in [-0.05, 0) is 43.7 Å². The highest BCUT2D eigenvalue weighted by molar-refractivity contribution is 9.10. The Morgan fingerprint density at radius 3 is 2.70 bits per heavy atom. The molecule has 1 aromatic carbocycles. The van der Waals surface area contributed by atoms with Crippen LogP contribution in [0.3, 0.4) is 0 Å². The molecule has 0 saturated carbocycles. The van der Waals surface area contributed by atoms with Crippen molar-refractivity contribution >= 4 is 39.1 Å². The van der Waals surface area contributed by atoms with Crippen LogP contribution in [0.2, 0.25) is 5.02 Å². The molecule has 118 valence electrons. The van der Waals surface area contributed by atoms with Crippen LogP contribution in [-0.2, 0) is 11.3 Å². The predicted molar refractivity (Wildman–Crippen MR) is 92.7 cm³/mol. The van der Waals surface area contributed by atoms with Crippen molar-refractivity contribution < 1.29 is 4.79 Å². The molecule has 1 heterocycles. The number of carbonyl (C=O) groups excluding carboxylic acids is 1. The van der Waals surface area contributed by atoms with Gasteiger partial charge >= 0.3 is 0 Å². The number of nitrogens with zero attached hydrogens (tertiary/aromatic N) is 2. The van der Waals surface area contributed by atoms with Crippen LogP contribution in [0.25, 0.3) is 0 Å². The van der Waals surface area contributed by atoms with Gasteiger partial charge in [0, 0.05) is 10.2 Å². The lowest BCUT2D eigenvalue weighted by Crippen LogP contribution is -2.31. The molecule has 7 heteroatoms. The van der Waals surface area contributed by atoms with E-state index < -0.39 is 11.5 Å². The molecule has 1 amide bonds. The number of halogens is 2. The van der Waals surface area contributed by atoms with Gasteiger partial charge in [-0.15, -0.1) is 0 Å². The molecule has 0 aliphatic carbocycles. The van der Waals surface area contributed by atoms with E-state index in [0.29, 0.717) is 22.0 Å². The summed E-state index contributed by atoms with van der Waals surface area (Å²) in [5, 5.41) is 12.1. The molecule has 0 spiro atoms. The molecule has 0 atom stereocenters. The van der Waals surface area contributed by atoms with Crippen LogP contribution in [0, 0.1) is 25.2 Å². The molecule has 0 radical (unpaired) electrons. The van der Waals surface area contributed by atoms with Crippen LogP contribution in [0.1, 0.15) is 16.8 Å². The van der Waals surface area contributed by atoms with E-state index in [-0.39, 0.29) is 12.1 Å². The van der Waals surface area contributed by atoms with Crippen molar-refractivity contribution in [3.8, 4) is 6.07 Å². The average Bonchev–Trinajstić information content (AvgIpc) is 2.47. The first-order chi connectivity index (χ1) is 10.8. The maximum Gasteiger partial charge on any atom is 0.269 e. The normalized spacial score (nSPS) is 10.2. The highest BCUT2D eigenvalue weighted by Crippen LogP contribution is 2.25. The fourth-order valence-electron chi connectivity index (χ4n) is 2.18. The van der Waals surface area contributed by atoms with Crippen LogP contribution in [-0.4, -0.2) is 10.5 Å². The Balaban J connectivity index is 2.28. The number of carbonyl (C=O) groups is 1. The van der Waals surface area contributed by atoms with E-state index in [9.17, 15) is 9.59 Å². The zero-order valence-electron chi connectivity index (χ0n) is 12.5.